The second-order valence-electron chi connectivity index (χ2n) is 8.51. The number of H-pyrrole nitrogens is 1. The third-order valence-corrected chi connectivity index (χ3v) is 6.52. The van der Waals surface area contributed by atoms with Gasteiger partial charge in [-0.3, -0.25) is 19.5 Å². The van der Waals surface area contributed by atoms with Gasteiger partial charge in [-0.25, -0.2) is 9.50 Å². The number of amides is 2. The van der Waals surface area contributed by atoms with Crippen molar-refractivity contribution < 1.29 is 9.59 Å². The Morgan fingerprint density at radius 3 is 2.63 bits per heavy atom. The minimum atomic E-state index is -0.130. The molecule has 30 heavy (non-hydrogen) atoms. The first-order valence-electron chi connectivity index (χ1n) is 11.1. The molecule has 0 aromatic carbocycles. The summed E-state index contributed by atoms with van der Waals surface area (Å²) < 4.78 is 1.49. The molecule has 0 aliphatic carbocycles. The van der Waals surface area contributed by atoms with Crippen molar-refractivity contribution in [3.05, 3.63) is 33.4 Å². The molecule has 0 saturated carbocycles. The second kappa shape index (κ2) is 8.62. The Morgan fingerprint density at radius 1 is 1.13 bits per heavy atom. The zero-order valence-corrected chi connectivity index (χ0v) is 17.9. The highest BCUT2D eigenvalue weighted by Crippen LogP contribution is 2.27. The van der Waals surface area contributed by atoms with Crippen LogP contribution in [0, 0.1) is 6.92 Å². The van der Waals surface area contributed by atoms with Gasteiger partial charge in [-0.1, -0.05) is 6.92 Å². The Bertz CT molecular complexity index is 1000. The van der Waals surface area contributed by atoms with Gasteiger partial charge in [-0.2, -0.15) is 0 Å². The summed E-state index contributed by atoms with van der Waals surface area (Å²) >= 11 is 0. The van der Waals surface area contributed by atoms with E-state index in [1.807, 2.05) is 29.7 Å². The fourth-order valence-corrected chi connectivity index (χ4v) is 4.68. The van der Waals surface area contributed by atoms with Crippen molar-refractivity contribution in [2.75, 3.05) is 26.2 Å². The van der Waals surface area contributed by atoms with Gasteiger partial charge in [0.15, 0.2) is 5.65 Å². The molecular formula is C22H31N5O3. The predicted octanol–water partition coefficient (Wildman–Crippen LogP) is 2.00. The number of hydrogen-bond acceptors (Lipinski definition) is 4. The molecule has 0 spiro atoms. The molecule has 2 aliphatic rings. The quantitative estimate of drug-likeness (QED) is 0.812. The monoisotopic (exact) mass is 413 g/mol. The van der Waals surface area contributed by atoms with Gasteiger partial charge in [0.2, 0.25) is 11.8 Å². The number of aromatic nitrogens is 3. The first-order chi connectivity index (χ1) is 14.5. The molecule has 8 heteroatoms. The van der Waals surface area contributed by atoms with Crippen LogP contribution in [0.25, 0.3) is 5.65 Å². The van der Waals surface area contributed by atoms with Crippen LogP contribution in [0.1, 0.15) is 68.3 Å². The molecule has 1 N–H and O–H groups in total. The van der Waals surface area contributed by atoms with Gasteiger partial charge in [-0.15, -0.1) is 0 Å². The topological polar surface area (TPSA) is 90.8 Å². The summed E-state index contributed by atoms with van der Waals surface area (Å²) in [7, 11) is 0. The lowest BCUT2D eigenvalue weighted by Crippen LogP contribution is -2.36. The Balaban J connectivity index is 1.51. The Kier molecular flexibility index (Phi) is 5.92. The zero-order valence-electron chi connectivity index (χ0n) is 17.9. The van der Waals surface area contributed by atoms with Gasteiger partial charge in [0.05, 0.1) is 0 Å². The van der Waals surface area contributed by atoms with E-state index in [-0.39, 0.29) is 23.3 Å². The average Bonchev–Trinajstić information content (AvgIpc) is 3.41. The van der Waals surface area contributed by atoms with E-state index >= 15 is 0 Å². The minimum Gasteiger partial charge on any atom is -0.343 e. The molecule has 1 unspecified atom stereocenters. The van der Waals surface area contributed by atoms with E-state index in [9.17, 15) is 14.4 Å². The van der Waals surface area contributed by atoms with Gasteiger partial charge in [0.1, 0.15) is 0 Å². The van der Waals surface area contributed by atoms with Crippen molar-refractivity contribution in [3.8, 4) is 0 Å². The number of fused-ring (bicyclic) bond motifs is 1. The van der Waals surface area contributed by atoms with E-state index in [2.05, 4.69) is 10.1 Å². The van der Waals surface area contributed by atoms with Crippen LogP contribution in [0.2, 0.25) is 0 Å². The van der Waals surface area contributed by atoms with Crippen molar-refractivity contribution in [1.82, 2.24) is 24.4 Å². The maximum atomic E-state index is 13.1. The summed E-state index contributed by atoms with van der Waals surface area (Å²) in [5.41, 5.74) is 2.69. The lowest BCUT2D eigenvalue weighted by atomic mass is 10.1. The van der Waals surface area contributed by atoms with E-state index in [1.54, 1.807) is 0 Å². The highest BCUT2D eigenvalue weighted by molar-refractivity contribution is 5.76. The van der Waals surface area contributed by atoms with Gasteiger partial charge in [-0.05, 0) is 39.0 Å². The standard InChI is InChI=1S/C22H31N5O3/c1-3-20(28)26-12-9-16(14-26)18-13-19-23-15(2)17(22(30)27(19)24-18)7-8-21(29)25-10-5-4-6-11-25/h13,16,24H,3-12,14H2,1-2H3. The van der Waals surface area contributed by atoms with E-state index in [0.29, 0.717) is 42.7 Å². The van der Waals surface area contributed by atoms with Crippen LogP contribution in [0.3, 0.4) is 0 Å². The number of hydrogen-bond donors (Lipinski definition) is 1. The molecule has 162 valence electrons. The maximum Gasteiger partial charge on any atom is 0.276 e. The van der Waals surface area contributed by atoms with Crippen molar-refractivity contribution >= 4 is 17.5 Å². The Morgan fingerprint density at radius 2 is 1.90 bits per heavy atom. The van der Waals surface area contributed by atoms with Crippen molar-refractivity contribution in [1.29, 1.82) is 0 Å². The van der Waals surface area contributed by atoms with Gasteiger partial charge < -0.3 is 9.80 Å². The third-order valence-electron chi connectivity index (χ3n) is 6.52. The lowest BCUT2D eigenvalue weighted by Gasteiger charge is -2.26. The van der Waals surface area contributed by atoms with Crippen molar-refractivity contribution in [2.24, 2.45) is 0 Å². The highest BCUT2D eigenvalue weighted by Gasteiger charge is 2.28. The smallest absolute Gasteiger partial charge is 0.276 e. The van der Waals surface area contributed by atoms with Gasteiger partial charge in [0.25, 0.3) is 5.56 Å². The number of piperidine rings is 1. The van der Waals surface area contributed by atoms with Crippen LogP contribution in [0.5, 0.6) is 0 Å². The number of nitrogens with one attached hydrogen (secondary N) is 1. The normalized spacial score (nSPS) is 19.6. The van der Waals surface area contributed by atoms with Crippen LogP contribution >= 0.6 is 0 Å². The molecule has 1 atom stereocenters. The molecule has 0 radical (unpaired) electrons. The molecule has 2 aromatic rings. The van der Waals surface area contributed by atoms with Crippen LogP contribution in [-0.2, 0) is 16.0 Å². The summed E-state index contributed by atoms with van der Waals surface area (Å²) in [4.78, 5) is 46.0. The van der Waals surface area contributed by atoms with E-state index in [0.717, 1.165) is 44.6 Å². The molecule has 4 rings (SSSR count). The first kappa shape index (κ1) is 20.6. The summed E-state index contributed by atoms with van der Waals surface area (Å²) in [5.74, 6) is 0.476. The van der Waals surface area contributed by atoms with Gasteiger partial charge >= 0.3 is 0 Å². The summed E-state index contributed by atoms with van der Waals surface area (Å²) in [6.45, 7) is 6.79. The number of rotatable bonds is 5. The molecular weight excluding hydrogens is 382 g/mol. The van der Waals surface area contributed by atoms with Crippen molar-refractivity contribution in [3.63, 3.8) is 0 Å². The number of carbonyl (C=O) groups is 2. The average molecular weight is 414 g/mol. The Hall–Kier alpha value is -2.64. The number of nitrogens with zero attached hydrogens (tertiary/aromatic N) is 4. The molecule has 2 amide bonds. The fourth-order valence-electron chi connectivity index (χ4n) is 4.68. The number of aromatic amines is 1. The fraction of sp³-hybridized carbons (Fsp3) is 0.636. The summed E-state index contributed by atoms with van der Waals surface area (Å²) in [5, 5.41) is 3.21. The van der Waals surface area contributed by atoms with Gasteiger partial charge in [0, 0.05) is 68.0 Å². The molecule has 2 aliphatic heterocycles. The lowest BCUT2D eigenvalue weighted by molar-refractivity contribution is -0.132. The number of carbonyl (C=O) groups excluding carboxylic acids is 2. The van der Waals surface area contributed by atoms with Crippen LogP contribution in [0.15, 0.2) is 10.9 Å². The summed E-state index contributed by atoms with van der Waals surface area (Å²) in [6, 6.07) is 1.92. The predicted molar refractivity (Wildman–Crippen MR) is 114 cm³/mol. The zero-order chi connectivity index (χ0) is 21.3. The van der Waals surface area contributed by atoms with Crippen LogP contribution in [0.4, 0.5) is 0 Å². The third kappa shape index (κ3) is 4.00. The number of likely N-dealkylation sites (tertiary alicyclic amines) is 2. The maximum absolute atomic E-state index is 13.1. The molecule has 2 fully saturated rings. The second-order valence-corrected chi connectivity index (χ2v) is 8.51. The van der Waals surface area contributed by atoms with E-state index in [1.165, 1.54) is 10.9 Å². The first-order valence-corrected chi connectivity index (χ1v) is 11.1. The molecule has 8 nitrogen and oxygen atoms in total. The van der Waals surface area contributed by atoms with Crippen LogP contribution in [-0.4, -0.2) is 62.4 Å². The molecule has 4 heterocycles. The van der Waals surface area contributed by atoms with Crippen molar-refractivity contribution in [2.45, 2.75) is 64.7 Å². The molecule has 2 aromatic heterocycles. The molecule has 0 bridgehead atoms. The van der Waals surface area contributed by atoms with E-state index in [4.69, 9.17) is 0 Å². The van der Waals surface area contributed by atoms with E-state index < -0.39 is 0 Å². The molecule has 2 saturated heterocycles. The minimum absolute atomic E-state index is 0.123. The van der Waals surface area contributed by atoms with Crippen LogP contribution < -0.4 is 5.56 Å². The largest absolute Gasteiger partial charge is 0.343 e. The SMILES string of the molecule is CCC(=O)N1CCC(c2cc3nc(C)c(CCC(=O)N4CCCCC4)c(=O)n3[nH]2)C1. The highest BCUT2D eigenvalue weighted by atomic mass is 16.2. The summed E-state index contributed by atoms with van der Waals surface area (Å²) in [6.07, 6.45) is 5.46. The Labute approximate surface area is 176 Å². The number of aryl methyl sites for hydroxylation is 1.